The Labute approximate surface area is 128 Å². The van der Waals surface area contributed by atoms with Crippen LogP contribution in [0.25, 0.3) is 0 Å². The highest BCUT2D eigenvalue weighted by molar-refractivity contribution is 5.94. The van der Waals surface area contributed by atoms with Gasteiger partial charge in [-0.15, -0.1) is 0 Å². The summed E-state index contributed by atoms with van der Waals surface area (Å²) in [5.41, 5.74) is 0.646. The highest BCUT2D eigenvalue weighted by Crippen LogP contribution is 2.16. The van der Waals surface area contributed by atoms with Gasteiger partial charge in [-0.25, -0.2) is 0 Å². The number of rotatable bonds is 10. The number of nitrogens with one attached hydrogen (secondary N) is 2. The van der Waals surface area contributed by atoms with Crippen LogP contribution < -0.4 is 15.4 Å². The van der Waals surface area contributed by atoms with Crippen molar-refractivity contribution in [2.45, 2.75) is 52.1 Å². The third-order valence-electron chi connectivity index (χ3n) is 3.34. The zero-order chi connectivity index (χ0) is 15.5. The van der Waals surface area contributed by atoms with Crippen LogP contribution in [-0.4, -0.2) is 25.7 Å². The Morgan fingerprint density at radius 2 is 1.90 bits per heavy atom. The van der Waals surface area contributed by atoms with E-state index in [0.29, 0.717) is 12.2 Å². The molecular formula is C17H28N2O2. The predicted octanol–water partition coefficient (Wildman–Crippen LogP) is 3.33. The maximum Gasteiger partial charge on any atom is 0.252 e. The second kappa shape index (κ2) is 10.2. The van der Waals surface area contributed by atoms with Crippen LogP contribution >= 0.6 is 0 Å². The van der Waals surface area contributed by atoms with Crippen molar-refractivity contribution >= 4 is 5.91 Å². The van der Waals surface area contributed by atoms with Gasteiger partial charge in [-0.3, -0.25) is 4.79 Å². The van der Waals surface area contributed by atoms with Crippen molar-refractivity contribution in [3.8, 4) is 5.75 Å². The maximum atomic E-state index is 11.7. The summed E-state index contributed by atoms with van der Waals surface area (Å²) >= 11 is 0. The van der Waals surface area contributed by atoms with Gasteiger partial charge < -0.3 is 15.4 Å². The third kappa shape index (κ3) is 7.14. The molecule has 0 spiro atoms. The van der Waals surface area contributed by atoms with Crippen LogP contribution in [0.1, 0.15) is 56.3 Å². The normalized spacial score (nSPS) is 12.0. The van der Waals surface area contributed by atoms with Crippen molar-refractivity contribution in [1.29, 1.82) is 0 Å². The van der Waals surface area contributed by atoms with Gasteiger partial charge in [0, 0.05) is 5.56 Å². The molecule has 1 aromatic carbocycles. The molecule has 0 aliphatic heterocycles. The molecule has 118 valence electrons. The minimum Gasteiger partial charge on any atom is -0.491 e. The van der Waals surface area contributed by atoms with Crippen LogP contribution in [0, 0.1) is 0 Å². The first-order valence-electron chi connectivity index (χ1n) is 7.87. The van der Waals surface area contributed by atoms with E-state index in [1.807, 2.05) is 12.1 Å². The number of unbranched alkanes of at least 4 members (excludes halogenated alkanes) is 3. The number of carbonyl (C=O) groups excluding carboxylic acids is 1. The summed E-state index contributed by atoms with van der Waals surface area (Å²) < 4.78 is 5.87. The molecule has 0 bridgehead atoms. The van der Waals surface area contributed by atoms with E-state index in [9.17, 15) is 4.79 Å². The van der Waals surface area contributed by atoms with Crippen molar-refractivity contribution in [2.24, 2.45) is 0 Å². The van der Waals surface area contributed by atoms with Gasteiger partial charge in [0.2, 0.25) is 0 Å². The van der Waals surface area contributed by atoms with Crippen molar-refractivity contribution < 1.29 is 9.53 Å². The van der Waals surface area contributed by atoms with Crippen molar-refractivity contribution in [3.05, 3.63) is 29.8 Å². The Hall–Kier alpha value is -1.55. The maximum absolute atomic E-state index is 11.7. The second-order valence-corrected chi connectivity index (χ2v) is 5.34. The summed E-state index contributed by atoms with van der Waals surface area (Å²) in [6.07, 6.45) is 6.32. The van der Waals surface area contributed by atoms with E-state index in [4.69, 9.17) is 4.74 Å². The minimum atomic E-state index is -0.0801. The van der Waals surface area contributed by atoms with E-state index in [2.05, 4.69) is 24.5 Å². The van der Waals surface area contributed by atoms with Crippen molar-refractivity contribution in [1.82, 2.24) is 10.6 Å². The Kier molecular flexibility index (Phi) is 8.51. The van der Waals surface area contributed by atoms with Gasteiger partial charge in [0.15, 0.2) is 0 Å². The molecule has 4 heteroatoms. The first-order chi connectivity index (χ1) is 10.2. The molecule has 1 aromatic rings. The van der Waals surface area contributed by atoms with Crippen LogP contribution in [0.2, 0.25) is 0 Å². The van der Waals surface area contributed by atoms with Gasteiger partial charge >= 0.3 is 0 Å². The average molecular weight is 292 g/mol. The van der Waals surface area contributed by atoms with E-state index in [1.165, 1.54) is 25.7 Å². The monoisotopic (exact) mass is 292 g/mol. The quantitative estimate of drug-likeness (QED) is 0.514. The van der Waals surface area contributed by atoms with E-state index in [-0.39, 0.29) is 12.0 Å². The lowest BCUT2D eigenvalue weighted by Crippen LogP contribution is -2.31. The smallest absolute Gasteiger partial charge is 0.252 e. The van der Waals surface area contributed by atoms with E-state index >= 15 is 0 Å². The minimum absolute atomic E-state index is 0.0801. The zero-order valence-corrected chi connectivity index (χ0v) is 13.4. The topological polar surface area (TPSA) is 50.4 Å². The molecule has 0 radical (unpaired) electrons. The van der Waals surface area contributed by atoms with Gasteiger partial charge in [0.25, 0.3) is 5.91 Å². The Balaban J connectivity index is 2.38. The van der Waals surface area contributed by atoms with Gasteiger partial charge in [0.05, 0.1) is 12.8 Å². The fourth-order valence-corrected chi connectivity index (χ4v) is 2.11. The molecule has 0 saturated carbocycles. The first kappa shape index (κ1) is 17.5. The van der Waals surface area contributed by atoms with Gasteiger partial charge in [0.1, 0.15) is 5.75 Å². The Morgan fingerprint density at radius 1 is 1.19 bits per heavy atom. The average Bonchev–Trinajstić information content (AvgIpc) is 2.50. The summed E-state index contributed by atoms with van der Waals surface area (Å²) in [4.78, 5) is 11.7. The number of hydrogen-bond acceptors (Lipinski definition) is 3. The summed E-state index contributed by atoms with van der Waals surface area (Å²) in [7, 11) is 1.79. The lowest BCUT2D eigenvalue weighted by molar-refractivity contribution is 0.0951. The molecule has 0 aliphatic carbocycles. The molecule has 1 rings (SSSR count). The molecule has 1 unspecified atom stereocenters. The Bertz CT molecular complexity index is 404. The standard InChI is InChI=1S/C17H28N2O2/c1-4-5-6-7-8-14(2)21-16-11-9-15(10-12-16)17(20)19-13-18-3/h9-12,14,18H,4-8,13H2,1-3H3,(H,19,20). The molecule has 2 N–H and O–H groups in total. The summed E-state index contributed by atoms with van der Waals surface area (Å²) in [5, 5.41) is 5.64. The van der Waals surface area contributed by atoms with Crippen LogP contribution in [0.4, 0.5) is 0 Å². The van der Waals surface area contributed by atoms with Crippen LogP contribution in [-0.2, 0) is 0 Å². The van der Waals surface area contributed by atoms with Crippen LogP contribution in [0.5, 0.6) is 5.75 Å². The molecule has 1 atom stereocenters. The van der Waals surface area contributed by atoms with Gasteiger partial charge in [-0.05, 0) is 51.1 Å². The van der Waals surface area contributed by atoms with Crippen LogP contribution in [0.15, 0.2) is 24.3 Å². The fraction of sp³-hybridized carbons (Fsp3) is 0.588. The molecule has 21 heavy (non-hydrogen) atoms. The summed E-state index contributed by atoms with van der Waals surface area (Å²) in [5.74, 6) is 0.742. The molecule has 0 saturated heterocycles. The lowest BCUT2D eigenvalue weighted by atomic mass is 10.1. The highest BCUT2D eigenvalue weighted by atomic mass is 16.5. The molecule has 4 nitrogen and oxygen atoms in total. The summed E-state index contributed by atoms with van der Waals surface area (Å²) in [6.45, 7) is 4.78. The van der Waals surface area contributed by atoms with E-state index in [0.717, 1.165) is 12.2 Å². The van der Waals surface area contributed by atoms with Gasteiger partial charge in [-0.1, -0.05) is 26.2 Å². The molecule has 0 aromatic heterocycles. The lowest BCUT2D eigenvalue weighted by Gasteiger charge is -2.15. The molecule has 0 heterocycles. The number of amides is 1. The SMILES string of the molecule is CCCCCCC(C)Oc1ccc(C(=O)NCNC)cc1. The highest BCUT2D eigenvalue weighted by Gasteiger charge is 2.07. The number of hydrogen-bond donors (Lipinski definition) is 2. The molecule has 1 amide bonds. The van der Waals surface area contributed by atoms with Crippen LogP contribution in [0.3, 0.4) is 0 Å². The fourth-order valence-electron chi connectivity index (χ4n) is 2.11. The third-order valence-corrected chi connectivity index (χ3v) is 3.34. The largest absolute Gasteiger partial charge is 0.491 e. The second-order valence-electron chi connectivity index (χ2n) is 5.34. The zero-order valence-electron chi connectivity index (χ0n) is 13.4. The number of carbonyl (C=O) groups is 1. The van der Waals surface area contributed by atoms with E-state index < -0.39 is 0 Å². The van der Waals surface area contributed by atoms with Gasteiger partial charge in [-0.2, -0.15) is 0 Å². The molecular weight excluding hydrogens is 264 g/mol. The van der Waals surface area contributed by atoms with E-state index in [1.54, 1.807) is 19.2 Å². The molecule has 0 aliphatic rings. The number of ether oxygens (including phenoxy) is 1. The molecule has 0 fully saturated rings. The van der Waals surface area contributed by atoms with Crippen molar-refractivity contribution in [2.75, 3.05) is 13.7 Å². The Morgan fingerprint density at radius 3 is 2.52 bits per heavy atom. The summed E-state index contributed by atoms with van der Waals surface area (Å²) in [6, 6.07) is 7.31. The first-order valence-corrected chi connectivity index (χ1v) is 7.87. The van der Waals surface area contributed by atoms with Crippen molar-refractivity contribution in [3.63, 3.8) is 0 Å². The number of benzene rings is 1. The predicted molar refractivity (Wildman–Crippen MR) is 86.7 cm³/mol.